The van der Waals surface area contributed by atoms with Gasteiger partial charge in [0, 0.05) is 0 Å². The Morgan fingerprint density at radius 3 is 2.50 bits per heavy atom. The van der Waals surface area contributed by atoms with Crippen LogP contribution in [0.3, 0.4) is 0 Å². The molecule has 0 unspecified atom stereocenters. The lowest BCUT2D eigenvalue weighted by Gasteiger charge is -2.05. The average molecular weight is 166 g/mol. The van der Waals surface area contributed by atoms with Crippen LogP contribution in [0.5, 0.6) is 5.75 Å². The number of esters is 1. The second kappa shape index (κ2) is 3.88. The fourth-order valence-corrected chi connectivity index (χ4v) is 0.698. The molecule has 0 aliphatic rings. The Morgan fingerprint density at radius 2 is 2.00 bits per heavy atom. The Kier molecular flexibility index (Phi) is 2.82. The van der Waals surface area contributed by atoms with Gasteiger partial charge in [0.25, 0.3) is 0 Å². The van der Waals surface area contributed by atoms with Crippen molar-refractivity contribution in [2.24, 2.45) is 5.73 Å². The zero-order valence-electron chi connectivity index (χ0n) is 6.86. The van der Waals surface area contributed by atoms with E-state index in [2.05, 4.69) is 0 Å². The number of nitrogens with two attached hydrogens (primary N) is 1. The zero-order valence-corrected chi connectivity index (χ0v) is 6.86. The summed E-state index contributed by atoms with van der Waals surface area (Å²) in [6, 6.07) is 8.28. The SMILES string of the molecule is C[13C@H](N)C(=O)Oc1ccccc1. The second-order valence-electron chi connectivity index (χ2n) is 2.52. The van der Waals surface area contributed by atoms with E-state index in [9.17, 15) is 4.79 Å². The Bertz CT molecular complexity index is 256. The molecule has 0 radical (unpaired) electrons. The molecule has 1 atom stereocenters. The molecule has 1 aromatic carbocycles. The number of carbonyl (C=O) groups is 1. The van der Waals surface area contributed by atoms with Crippen LogP contribution in [0, 0.1) is 0 Å². The number of benzene rings is 1. The molecule has 0 heterocycles. The van der Waals surface area contributed by atoms with Crippen molar-refractivity contribution in [3.05, 3.63) is 30.3 Å². The first-order chi connectivity index (χ1) is 5.70. The molecule has 0 aliphatic carbocycles. The smallest absolute Gasteiger partial charge is 0.328 e. The van der Waals surface area contributed by atoms with E-state index in [0.717, 1.165) is 0 Å². The van der Waals surface area contributed by atoms with Gasteiger partial charge >= 0.3 is 5.97 Å². The highest BCUT2D eigenvalue weighted by molar-refractivity contribution is 5.77. The second-order valence-corrected chi connectivity index (χ2v) is 2.52. The summed E-state index contributed by atoms with van der Waals surface area (Å²) in [6.45, 7) is 1.59. The number of carbonyl (C=O) groups excluding carboxylic acids is 1. The van der Waals surface area contributed by atoms with E-state index in [1.165, 1.54) is 0 Å². The van der Waals surface area contributed by atoms with Crippen LogP contribution in [0.2, 0.25) is 0 Å². The van der Waals surface area contributed by atoms with Gasteiger partial charge in [-0.3, -0.25) is 0 Å². The molecule has 0 fully saturated rings. The quantitative estimate of drug-likeness (QED) is 0.404. The summed E-state index contributed by atoms with van der Waals surface area (Å²) in [5.74, 6) is 0.112. The van der Waals surface area contributed by atoms with Crippen LogP contribution in [0.1, 0.15) is 6.92 Å². The summed E-state index contributed by atoms with van der Waals surface area (Å²) in [5, 5.41) is 0. The lowest BCUT2D eigenvalue weighted by molar-refractivity contribution is -0.135. The molecular weight excluding hydrogens is 155 g/mol. The maximum absolute atomic E-state index is 11.0. The molecule has 0 saturated carbocycles. The Hall–Kier alpha value is -1.35. The van der Waals surface area contributed by atoms with Gasteiger partial charge in [0.1, 0.15) is 11.8 Å². The molecule has 3 nitrogen and oxygen atoms in total. The van der Waals surface area contributed by atoms with E-state index < -0.39 is 12.0 Å². The predicted molar refractivity (Wildman–Crippen MR) is 45.7 cm³/mol. The molecule has 0 aliphatic heterocycles. The van der Waals surface area contributed by atoms with Crippen LogP contribution in [-0.4, -0.2) is 12.0 Å². The van der Waals surface area contributed by atoms with E-state index in [1.807, 2.05) is 6.07 Å². The van der Waals surface area contributed by atoms with Gasteiger partial charge in [-0.25, -0.2) is 4.79 Å². The van der Waals surface area contributed by atoms with Crippen molar-refractivity contribution in [3.63, 3.8) is 0 Å². The molecule has 0 amide bonds. The van der Waals surface area contributed by atoms with E-state index >= 15 is 0 Å². The third-order valence-electron chi connectivity index (χ3n) is 1.33. The maximum atomic E-state index is 11.0. The molecule has 1 aromatic rings. The molecule has 64 valence electrons. The van der Waals surface area contributed by atoms with Crippen LogP contribution in [-0.2, 0) is 4.79 Å². The summed E-state index contributed by atoms with van der Waals surface area (Å²) in [6.07, 6.45) is 0. The molecule has 0 saturated heterocycles. The van der Waals surface area contributed by atoms with Crippen molar-refractivity contribution in [1.29, 1.82) is 0 Å². The zero-order chi connectivity index (χ0) is 8.97. The van der Waals surface area contributed by atoms with E-state index in [4.69, 9.17) is 10.5 Å². The van der Waals surface area contributed by atoms with Gasteiger partial charge in [-0.2, -0.15) is 0 Å². The minimum atomic E-state index is -0.579. The van der Waals surface area contributed by atoms with Gasteiger partial charge in [0.2, 0.25) is 0 Å². The Labute approximate surface area is 71.1 Å². The van der Waals surface area contributed by atoms with Gasteiger partial charge in [-0.15, -0.1) is 0 Å². The molecule has 3 heteroatoms. The Morgan fingerprint density at radius 1 is 1.42 bits per heavy atom. The normalized spacial score (nSPS) is 12.2. The van der Waals surface area contributed by atoms with Crippen molar-refractivity contribution >= 4 is 5.97 Å². The summed E-state index contributed by atoms with van der Waals surface area (Å²) >= 11 is 0. The van der Waals surface area contributed by atoms with Crippen molar-refractivity contribution < 1.29 is 9.53 Å². The first kappa shape index (κ1) is 8.74. The minimum Gasteiger partial charge on any atom is -0.425 e. The molecule has 0 spiro atoms. The third-order valence-corrected chi connectivity index (χ3v) is 1.33. The molecular formula is C9H11NO2. The number of hydrogen-bond donors (Lipinski definition) is 1. The topological polar surface area (TPSA) is 52.3 Å². The van der Waals surface area contributed by atoms with Gasteiger partial charge in [-0.05, 0) is 19.1 Å². The first-order valence-corrected chi connectivity index (χ1v) is 3.72. The minimum absolute atomic E-state index is 0.416. The monoisotopic (exact) mass is 166 g/mol. The third kappa shape index (κ3) is 2.36. The van der Waals surface area contributed by atoms with Crippen molar-refractivity contribution in [1.82, 2.24) is 0 Å². The van der Waals surface area contributed by atoms with Gasteiger partial charge < -0.3 is 10.5 Å². The molecule has 0 aromatic heterocycles. The van der Waals surface area contributed by atoms with Crippen molar-refractivity contribution in [2.45, 2.75) is 13.0 Å². The fourth-order valence-electron chi connectivity index (χ4n) is 0.698. The highest BCUT2D eigenvalue weighted by atomic mass is 16.5. The van der Waals surface area contributed by atoms with E-state index in [1.54, 1.807) is 31.2 Å². The van der Waals surface area contributed by atoms with Gasteiger partial charge in [0.05, 0.1) is 0 Å². The average Bonchev–Trinajstić information content (AvgIpc) is 2.06. The first-order valence-electron chi connectivity index (χ1n) is 3.72. The van der Waals surface area contributed by atoms with Crippen LogP contribution >= 0.6 is 0 Å². The summed E-state index contributed by atoms with van der Waals surface area (Å²) in [5.41, 5.74) is 5.31. The summed E-state index contributed by atoms with van der Waals surface area (Å²) in [4.78, 5) is 11.0. The summed E-state index contributed by atoms with van der Waals surface area (Å²) < 4.78 is 4.91. The number of para-hydroxylation sites is 1. The lowest BCUT2D eigenvalue weighted by Crippen LogP contribution is -2.30. The molecule has 12 heavy (non-hydrogen) atoms. The maximum Gasteiger partial charge on any atom is 0.328 e. The van der Waals surface area contributed by atoms with Crippen molar-refractivity contribution in [2.75, 3.05) is 0 Å². The molecule has 0 bridgehead atoms. The van der Waals surface area contributed by atoms with E-state index in [0.29, 0.717) is 5.75 Å². The van der Waals surface area contributed by atoms with Gasteiger partial charge in [-0.1, -0.05) is 18.2 Å². The standard InChI is InChI=1S/C9H11NO2/c1-7(10)9(11)12-8-5-3-2-4-6-8/h2-7H,10H2,1H3/t7-/m0/s1/i7+1. The largest absolute Gasteiger partial charge is 0.425 e. The fraction of sp³-hybridized carbons (Fsp3) is 0.222. The van der Waals surface area contributed by atoms with Crippen molar-refractivity contribution in [3.8, 4) is 5.75 Å². The Balaban J connectivity index is 2.59. The van der Waals surface area contributed by atoms with Crippen LogP contribution in [0.15, 0.2) is 30.3 Å². The number of ether oxygens (including phenoxy) is 1. The lowest BCUT2D eigenvalue weighted by atomic mass is 10.3. The van der Waals surface area contributed by atoms with Crippen LogP contribution in [0.25, 0.3) is 0 Å². The highest BCUT2D eigenvalue weighted by Gasteiger charge is 2.08. The number of hydrogen-bond acceptors (Lipinski definition) is 3. The molecule has 1 rings (SSSR count). The summed E-state index contributed by atoms with van der Waals surface area (Å²) in [7, 11) is 0. The highest BCUT2D eigenvalue weighted by Crippen LogP contribution is 2.08. The van der Waals surface area contributed by atoms with Crippen LogP contribution in [0.4, 0.5) is 0 Å². The van der Waals surface area contributed by atoms with E-state index in [-0.39, 0.29) is 0 Å². The van der Waals surface area contributed by atoms with Gasteiger partial charge in [0.15, 0.2) is 0 Å². The predicted octanol–water partition coefficient (Wildman–Crippen LogP) is 0.939. The number of rotatable bonds is 2. The molecule has 2 N–H and O–H groups in total. The van der Waals surface area contributed by atoms with Crippen LogP contribution < -0.4 is 10.5 Å².